The van der Waals surface area contributed by atoms with Crippen LogP contribution in [0.5, 0.6) is 0 Å². The smallest absolute Gasteiger partial charge is 0.327 e. The first-order valence-electron chi connectivity index (χ1n) is 5.98. The highest BCUT2D eigenvalue weighted by molar-refractivity contribution is 6.30. The van der Waals surface area contributed by atoms with Crippen molar-refractivity contribution in [2.24, 2.45) is 0 Å². The molecule has 0 saturated carbocycles. The fourth-order valence-corrected chi connectivity index (χ4v) is 1.62. The third-order valence-electron chi connectivity index (χ3n) is 2.54. The lowest BCUT2D eigenvalue weighted by atomic mass is 10.1. The van der Waals surface area contributed by atoms with Crippen LogP contribution in [0.15, 0.2) is 24.3 Å². The molecule has 6 heteroatoms. The summed E-state index contributed by atoms with van der Waals surface area (Å²) in [5, 5.41) is 14.4. The number of carbonyl (C=O) groups excluding carboxylic acids is 1. The summed E-state index contributed by atoms with van der Waals surface area (Å²) < 4.78 is 0. The zero-order valence-electron chi connectivity index (χ0n) is 10.7. The topological polar surface area (TPSA) is 78.4 Å². The first-order valence-corrected chi connectivity index (χ1v) is 6.36. The second-order valence-corrected chi connectivity index (χ2v) is 4.51. The van der Waals surface area contributed by atoms with Crippen molar-refractivity contribution in [3.63, 3.8) is 0 Å². The monoisotopic (exact) mass is 294 g/mol. The van der Waals surface area contributed by atoms with E-state index in [1.165, 1.54) is 0 Å². The predicted octanol–water partition coefficient (Wildman–Crippen LogP) is 1.66. The molecule has 1 aromatic carbocycles. The van der Waals surface area contributed by atoms with E-state index < -0.39 is 18.0 Å². The molecule has 0 radical (unpaired) electrons. The molecule has 20 heavy (non-hydrogen) atoms. The van der Waals surface area contributed by atoms with Crippen molar-refractivity contribution in [1.29, 1.82) is 0 Å². The summed E-state index contributed by atoms with van der Waals surface area (Å²) >= 11 is 5.76. The molecule has 0 aliphatic heterocycles. The van der Waals surface area contributed by atoms with Crippen LogP contribution in [-0.2, 0) is 11.2 Å². The predicted molar refractivity (Wildman–Crippen MR) is 76.6 cm³/mol. The van der Waals surface area contributed by atoms with Crippen LogP contribution in [0, 0.1) is 12.3 Å². The Balaban J connectivity index is 2.34. The summed E-state index contributed by atoms with van der Waals surface area (Å²) in [7, 11) is 0. The van der Waals surface area contributed by atoms with Crippen molar-refractivity contribution in [2.75, 3.05) is 6.54 Å². The van der Waals surface area contributed by atoms with Crippen molar-refractivity contribution in [3.05, 3.63) is 34.9 Å². The molecule has 0 aliphatic rings. The zero-order chi connectivity index (χ0) is 15.0. The van der Waals surface area contributed by atoms with E-state index >= 15 is 0 Å². The van der Waals surface area contributed by atoms with Gasteiger partial charge < -0.3 is 15.7 Å². The minimum atomic E-state index is -1.16. The summed E-state index contributed by atoms with van der Waals surface area (Å²) in [5.41, 5.74) is 1.02. The molecule has 1 atom stereocenters. The highest BCUT2D eigenvalue weighted by Gasteiger charge is 2.18. The molecule has 0 saturated heterocycles. The highest BCUT2D eigenvalue weighted by atomic mass is 35.5. The number of aliphatic carboxylic acids is 1. The number of hydrogen-bond donors (Lipinski definition) is 3. The lowest BCUT2D eigenvalue weighted by molar-refractivity contribution is -0.139. The first-order chi connectivity index (χ1) is 9.52. The third kappa shape index (κ3) is 5.63. The standard InChI is InChI=1S/C14H15ClN2O3/c1-2-3-12(13(18)19)17-14(20)16-9-8-10-4-6-11(15)7-5-10/h1,4-7,12H,3,8-9H2,(H,18,19)(H2,16,17,20). The second-order valence-electron chi connectivity index (χ2n) is 4.08. The van der Waals surface area contributed by atoms with Crippen LogP contribution in [0.25, 0.3) is 0 Å². The van der Waals surface area contributed by atoms with Gasteiger partial charge in [0.2, 0.25) is 0 Å². The van der Waals surface area contributed by atoms with Crippen molar-refractivity contribution < 1.29 is 14.7 Å². The van der Waals surface area contributed by atoms with Gasteiger partial charge in [0.05, 0.1) is 0 Å². The lowest BCUT2D eigenvalue weighted by Crippen LogP contribution is -2.46. The number of terminal acetylenes is 1. The van der Waals surface area contributed by atoms with Crippen LogP contribution in [0.1, 0.15) is 12.0 Å². The van der Waals surface area contributed by atoms with Gasteiger partial charge in [-0.05, 0) is 24.1 Å². The van der Waals surface area contributed by atoms with Crippen LogP contribution in [0.4, 0.5) is 4.79 Å². The average Bonchev–Trinajstić information content (AvgIpc) is 2.40. The number of urea groups is 1. The number of halogens is 1. The molecule has 2 amide bonds. The summed E-state index contributed by atoms with van der Waals surface area (Å²) in [4.78, 5) is 22.3. The second kappa shape index (κ2) is 8.08. The molecule has 1 aromatic rings. The average molecular weight is 295 g/mol. The number of benzene rings is 1. The summed E-state index contributed by atoms with van der Waals surface area (Å²) in [6.07, 6.45) is 5.60. The molecule has 0 aliphatic carbocycles. The molecule has 3 N–H and O–H groups in total. The fourth-order valence-electron chi connectivity index (χ4n) is 1.50. The van der Waals surface area contributed by atoms with Crippen molar-refractivity contribution in [3.8, 4) is 12.3 Å². The Morgan fingerprint density at radius 2 is 2.00 bits per heavy atom. The van der Waals surface area contributed by atoms with Gasteiger partial charge in [0.1, 0.15) is 6.04 Å². The summed E-state index contributed by atoms with van der Waals surface area (Å²) in [6, 6.07) is 5.63. The van der Waals surface area contributed by atoms with Crippen LogP contribution in [-0.4, -0.2) is 29.7 Å². The third-order valence-corrected chi connectivity index (χ3v) is 2.79. The van der Waals surface area contributed by atoms with Crippen LogP contribution in [0.2, 0.25) is 5.02 Å². The molecular weight excluding hydrogens is 280 g/mol. The number of rotatable bonds is 6. The largest absolute Gasteiger partial charge is 0.480 e. The van der Waals surface area contributed by atoms with E-state index in [9.17, 15) is 9.59 Å². The number of hydrogen-bond acceptors (Lipinski definition) is 2. The molecule has 0 bridgehead atoms. The minimum absolute atomic E-state index is 0.0556. The summed E-state index contributed by atoms with van der Waals surface area (Å²) in [6.45, 7) is 0.385. The maximum Gasteiger partial charge on any atom is 0.327 e. The van der Waals surface area contributed by atoms with E-state index in [4.69, 9.17) is 23.1 Å². The quantitative estimate of drug-likeness (QED) is 0.698. The van der Waals surface area contributed by atoms with E-state index in [2.05, 4.69) is 16.6 Å². The molecule has 106 valence electrons. The number of amides is 2. The Bertz CT molecular complexity index is 508. The van der Waals surface area contributed by atoms with Crippen molar-refractivity contribution in [2.45, 2.75) is 18.9 Å². The van der Waals surface area contributed by atoms with Crippen molar-refractivity contribution in [1.82, 2.24) is 10.6 Å². The first kappa shape index (κ1) is 15.9. The maximum atomic E-state index is 11.5. The Kier molecular flexibility index (Phi) is 6.41. The molecule has 0 fully saturated rings. The van der Waals surface area contributed by atoms with Gasteiger partial charge in [0, 0.05) is 18.0 Å². The number of carboxylic acids is 1. The van der Waals surface area contributed by atoms with Crippen LogP contribution in [0.3, 0.4) is 0 Å². The molecule has 0 aromatic heterocycles. The van der Waals surface area contributed by atoms with Gasteiger partial charge in [-0.1, -0.05) is 23.7 Å². The Hall–Kier alpha value is -2.19. The van der Waals surface area contributed by atoms with E-state index in [1.807, 2.05) is 12.1 Å². The normalized spacial score (nSPS) is 11.2. The van der Waals surface area contributed by atoms with E-state index in [-0.39, 0.29) is 6.42 Å². The zero-order valence-corrected chi connectivity index (χ0v) is 11.5. The van der Waals surface area contributed by atoms with Gasteiger partial charge in [-0.25, -0.2) is 9.59 Å². The molecule has 1 rings (SSSR count). The molecule has 0 spiro atoms. The Morgan fingerprint density at radius 3 is 2.55 bits per heavy atom. The van der Waals surface area contributed by atoms with E-state index in [1.54, 1.807) is 12.1 Å². The molecule has 1 unspecified atom stereocenters. The van der Waals surface area contributed by atoms with Gasteiger partial charge >= 0.3 is 12.0 Å². The number of carbonyl (C=O) groups is 2. The van der Waals surface area contributed by atoms with Gasteiger partial charge in [-0.3, -0.25) is 0 Å². The number of carboxylic acid groups (broad SMARTS) is 1. The molecular formula is C14H15ClN2O3. The maximum absolute atomic E-state index is 11.5. The van der Waals surface area contributed by atoms with Gasteiger partial charge in [0.15, 0.2) is 0 Å². The Morgan fingerprint density at radius 1 is 1.35 bits per heavy atom. The van der Waals surface area contributed by atoms with Crippen LogP contribution < -0.4 is 10.6 Å². The van der Waals surface area contributed by atoms with Crippen molar-refractivity contribution >= 4 is 23.6 Å². The highest BCUT2D eigenvalue weighted by Crippen LogP contribution is 2.09. The number of nitrogens with one attached hydrogen (secondary N) is 2. The van der Waals surface area contributed by atoms with Gasteiger partial charge in [-0.2, -0.15) is 0 Å². The fraction of sp³-hybridized carbons (Fsp3) is 0.286. The van der Waals surface area contributed by atoms with Gasteiger partial charge in [0.25, 0.3) is 0 Å². The van der Waals surface area contributed by atoms with E-state index in [0.29, 0.717) is 18.0 Å². The van der Waals surface area contributed by atoms with Gasteiger partial charge in [-0.15, -0.1) is 12.3 Å². The lowest BCUT2D eigenvalue weighted by Gasteiger charge is -2.12. The SMILES string of the molecule is C#CCC(NC(=O)NCCc1ccc(Cl)cc1)C(=O)O. The molecule has 5 nitrogen and oxygen atoms in total. The van der Waals surface area contributed by atoms with E-state index in [0.717, 1.165) is 5.56 Å². The minimum Gasteiger partial charge on any atom is -0.480 e. The Labute approximate surface area is 122 Å². The van der Waals surface area contributed by atoms with Crippen LogP contribution >= 0.6 is 11.6 Å². The molecule has 0 heterocycles. The summed E-state index contributed by atoms with van der Waals surface area (Å²) in [5.74, 6) is 1.05.